The Bertz CT molecular complexity index is 947. The first kappa shape index (κ1) is 28.0. The third-order valence-corrected chi connectivity index (χ3v) is 8.88. The van der Waals surface area contributed by atoms with Gasteiger partial charge in [0.15, 0.2) is 0 Å². The Morgan fingerprint density at radius 3 is 2.57 bits per heavy atom. The highest BCUT2D eigenvalue weighted by Crippen LogP contribution is 2.60. The minimum Gasteiger partial charge on any atom is -0.396 e. The highest BCUT2D eigenvalue weighted by atomic mass is 79.9. The fourth-order valence-corrected chi connectivity index (χ4v) is 7.25. The number of benzene rings is 1. The van der Waals surface area contributed by atoms with Gasteiger partial charge in [-0.05, 0) is 31.2 Å². The van der Waals surface area contributed by atoms with E-state index in [4.69, 9.17) is 9.84 Å². The van der Waals surface area contributed by atoms with Gasteiger partial charge in [0.05, 0.1) is 17.9 Å². The van der Waals surface area contributed by atoms with E-state index in [0.717, 1.165) is 50.5 Å². The summed E-state index contributed by atoms with van der Waals surface area (Å²) in [5.41, 5.74) is -0.0263. The number of unbranched alkanes of at least 4 members (excludes halogenated alkanes) is 5. The molecule has 6 atom stereocenters. The fraction of sp³-hybridized carbons (Fsp3) is 0.679. The number of carbonyl (C=O) groups excluding carboxylic acids is 3. The van der Waals surface area contributed by atoms with Crippen LogP contribution in [-0.4, -0.2) is 70.0 Å². The van der Waals surface area contributed by atoms with Crippen molar-refractivity contribution in [2.75, 3.05) is 19.7 Å². The van der Waals surface area contributed by atoms with Crippen molar-refractivity contribution in [1.82, 2.24) is 15.5 Å². The third-order valence-electron chi connectivity index (χ3n) is 8.04. The van der Waals surface area contributed by atoms with Crippen LogP contribution in [0.2, 0.25) is 0 Å². The van der Waals surface area contributed by atoms with E-state index in [-0.39, 0.29) is 29.2 Å². The van der Waals surface area contributed by atoms with Crippen molar-refractivity contribution in [3.05, 3.63) is 35.9 Å². The van der Waals surface area contributed by atoms with E-state index in [1.165, 1.54) is 0 Å². The number of fused-ring (bicyclic) bond motifs is 1. The molecule has 3 aliphatic heterocycles. The van der Waals surface area contributed by atoms with E-state index in [9.17, 15) is 14.4 Å². The van der Waals surface area contributed by atoms with E-state index < -0.39 is 29.6 Å². The molecule has 4 rings (SSSR count). The minimum absolute atomic E-state index is 0.107. The Morgan fingerprint density at radius 2 is 1.84 bits per heavy atom. The second-order valence-electron chi connectivity index (χ2n) is 10.5. The summed E-state index contributed by atoms with van der Waals surface area (Å²) in [6.07, 6.45) is 6.22. The summed E-state index contributed by atoms with van der Waals surface area (Å²) in [5.74, 6) is -1.87. The molecule has 3 fully saturated rings. The average molecular weight is 579 g/mol. The van der Waals surface area contributed by atoms with Crippen LogP contribution in [0.4, 0.5) is 0 Å². The molecule has 3 saturated heterocycles. The zero-order chi connectivity index (χ0) is 26.4. The zero-order valence-corrected chi connectivity index (χ0v) is 23.3. The van der Waals surface area contributed by atoms with Gasteiger partial charge in [-0.25, -0.2) is 0 Å². The fourth-order valence-electron chi connectivity index (χ4n) is 6.30. The van der Waals surface area contributed by atoms with Gasteiger partial charge >= 0.3 is 0 Å². The lowest BCUT2D eigenvalue weighted by Gasteiger charge is -2.34. The molecular formula is C28H40BrN3O5. The van der Waals surface area contributed by atoms with Crippen molar-refractivity contribution in [3.8, 4) is 0 Å². The molecule has 3 amide bonds. The summed E-state index contributed by atoms with van der Waals surface area (Å²) in [7, 11) is 0. The van der Waals surface area contributed by atoms with Crippen LogP contribution in [0.15, 0.2) is 30.3 Å². The van der Waals surface area contributed by atoms with E-state index in [1.54, 1.807) is 4.90 Å². The van der Waals surface area contributed by atoms with Crippen molar-refractivity contribution in [3.63, 3.8) is 0 Å². The van der Waals surface area contributed by atoms with Crippen LogP contribution in [0.3, 0.4) is 0 Å². The molecule has 204 valence electrons. The van der Waals surface area contributed by atoms with Crippen LogP contribution in [-0.2, 0) is 25.7 Å². The molecule has 0 saturated carbocycles. The van der Waals surface area contributed by atoms with Gasteiger partial charge in [-0.2, -0.15) is 0 Å². The maximum atomic E-state index is 13.9. The van der Waals surface area contributed by atoms with Crippen molar-refractivity contribution in [2.45, 2.75) is 87.4 Å². The van der Waals surface area contributed by atoms with Gasteiger partial charge in [-0.15, -0.1) is 0 Å². The summed E-state index contributed by atoms with van der Waals surface area (Å²) >= 11 is 3.71. The topological polar surface area (TPSA) is 108 Å². The van der Waals surface area contributed by atoms with E-state index in [0.29, 0.717) is 26.1 Å². The Morgan fingerprint density at radius 1 is 1.08 bits per heavy atom. The molecule has 3 unspecified atom stereocenters. The molecule has 1 aromatic carbocycles. The monoisotopic (exact) mass is 577 g/mol. The molecule has 3 N–H and O–H groups in total. The Balaban J connectivity index is 1.54. The lowest BCUT2D eigenvalue weighted by Crippen LogP contribution is -2.56. The van der Waals surface area contributed by atoms with Gasteiger partial charge in [0.2, 0.25) is 17.7 Å². The molecule has 0 aromatic heterocycles. The molecule has 3 aliphatic rings. The maximum absolute atomic E-state index is 13.9. The van der Waals surface area contributed by atoms with E-state index in [2.05, 4.69) is 33.5 Å². The lowest BCUT2D eigenvalue weighted by atomic mass is 9.70. The molecule has 0 radical (unpaired) electrons. The standard InChI is InChI=1S/C28H40BrN3O5/c1-2-3-9-14-30-26(35)24-28-17-20(29)23(37-28)21(25(34)31-18-19-12-7-6-8-13-19)22(28)27(36)32(24)15-10-4-5-11-16-33/h6-8,12-13,20-24,33H,2-5,9-11,14-18H2,1H3,(H,30,35)(H,31,34)/t20?,21-,22+,23-,24?,28?/m1/s1. The van der Waals surface area contributed by atoms with E-state index in [1.807, 2.05) is 30.3 Å². The van der Waals surface area contributed by atoms with Crippen LogP contribution in [0.25, 0.3) is 0 Å². The first-order chi connectivity index (χ1) is 17.9. The first-order valence-electron chi connectivity index (χ1n) is 13.8. The molecule has 1 aromatic rings. The van der Waals surface area contributed by atoms with Crippen LogP contribution in [0, 0.1) is 11.8 Å². The summed E-state index contributed by atoms with van der Waals surface area (Å²) in [6.45, 7) is 3.64. The molecule has 3 heterocycles. The van der Waals surface area contributed by atoms with Gasteiger partial charge < -0.3 is 25.4 Å². The number of halogens is 1. The van der Waals surface area contributed by atoms with Gasteiger partial charge in [0.1, 0.15) is 11.6 Å². The van der Waals surface area contributed by atoms with Gasteiger partial charge in [-0.1, -0.05) is 78.9 Å². The zero-order valence-electron chi connectivity index (χ0n) is 21.7. The minimum atomic E-state index is -1.01. The predicted octanol–water partition coefficient (Wildman–Crippen LogP) is 2.91. The van der Waals surface area contributed by atoms with Crippen LogP contribution < -0.4 is 10.6 Å². The summed E-state index contributed by atoms with van der Waals surface area (Å²) < 4.78 is 6.52. The quantitative estimate of drug-likeness (QED) is 0.233. The summed E-state index contributed by atoms with van der Waals surface area (Å²) in [4.78, 5) is 42.6. The normalized spacial score (nSPS) is 30.0. The number of aliphatic hydroxyl groups excluding tert-OH is 1. The number of amides is 3. The number of nitrogens with zero attached hydrogens (tertiary/aromatic N) is 1. The van der Waals surface area contributed by atoms with Gasteiger partial charge in [0, 0.05) is 31.1 Å². The number of likely N-dealkylation sites (tertiary alicyclic amines) is 1. The highest BCUT2D eigenvalue weighted by Gasteiger charge is 2.76. The summed E-state index contributed by atoms with van der Waals surface area (Å²) in [6, 6.07) is 8.93. The highest BCUT2D eigenvalue weighted by molar-refractivity contribution is 9.09. The Hall–Kier alpha value is -1.97. The van der Waals surface area contributed by atoms with Crippen molar-refractivity contribution in [1.29, 1.82) is 0 Å². The van der Waals surface area contributed by atoms with Crippen LogP contribution in [0.5, 0.6) is 0 Å². The number of ether oxygens (including phenoxy) is 1. The first-order valence-corrected chi connectivity index (χ1v) is 14.7. The van der Waals surface area contributed by atoms with Gasteiger partial charge in [-0.3, -0.25) is 14.4 Å². The van der Waals surface area contributed by atoms with Crippen LogP contribution in [0.1, 0.15) is 63.9 Å². The summed E-state index contributed by atoms with van der Waals surface area (Å²) in [5, 5.41) is 15.1. The van der Waals surface area contributed by atoms with Crippen molar-refractivity contribution < 1.29 is 24.2 Å². The number of aliphatic hydroxyl groups is 1. The number of hydrogen-bond donors (Lipinski definition) is 3. The molecule has 0 aliphatic carbocycles. The average Bonchev–Trinajstić information content (AvgIpc) is 3.49. The largest absolute Gasteiger partial charge is 0.396 e. The predicted molar refractivity (Wildman–Crippen MR) is 144 cm³/mol. The lowest BCUT2D eigenvalue weighted by molar-refractivity contribution is -0.142. The maximum Gasteiger partial charge on any atom is 0.245 e. The van der Waals surface area contributed by atoms with Gasteiger partial charge in [0.25, 0.3) is 0 Å². The van der Waals surface area contributed by atoms with E-state index >= 15 is 0 Å². The molecule has 37 heavy (non-hydrogen) atoms. The number of nitrogens with one attached hydrogen (secondary N) is 2. The van der Waals surface area contributed by atoms with Crippen LogP contribution >= 0.6 is 15.9 Å². The smallest absolute Gasteiger partial charge is 0.245 e. The van der Waals surface area contributed by atoms with Crippen molar-refractivity contribution >= 4 is 33.7 Å². The molecular weight excluding hydrogens is 538 g/mol. The SMILES string of the molecule is CCCCCNC(=O)C1N(CCCCCCO)C(=O)[C@@H]2[C@@H](C(=O)NCc3ccccc3)[C@@H]3OC12CC3Br. The number of carbonyl (C=O) groups is 3. The number of hydrogen-bond acceptors (Lipinski definition) is 5. The molecule has 9 heteroatoms. The number of rotatable bonds is 14. The second-order valence-corrected chi connectivity index (χ2v) is 11.7. The van der Waals surface area contributed by atoms with Crippen molar-refractivity contribution in [2.24, 2.45) is 11.8 Å². The molecule has 1 spiro atoms. The molecule has 2 bridgehead atoms. The third kappa shape index (κ3) is 5.73. The Labute approximate surface area is 228 Å². The Kier molecular flexibility index (Phi) is 9.64. The second kappa shape index (κ2) is 12.7. The number of alkyl halides is 1. The molecule has 8 nitrogen and oxygen atoms in total.